The molecule has 1 fully saturated rings. The predicted octanol–water partition coefficient (Wildman–Crippen LogP) is 3.41. The lowest BCUT2D eigenvalue weighted by Gasteiger charge is -2.06. The van der Waals surface area contributed by atoms with Gasteiger partial charge in [0.25, 0.3) is 0 Å². The van der Waals surface area contributed by atoms with Gasteiger partial charge < -0.3 is 5.32 Å². The number of carbonyl (C=O) groups excluding carboxylic acids is 1. The molecule has 8 heteroatoms. The van der Waals surface area contributed by atoms with Gasteiger partial charge in [-0.3, -0.25) is 9.48 Å². The van der Waals surface area contributed by atoms with Crippen LogP contribution in [0.1, 0.15) is 17.9 Å². The largest absolute Gasteiger partial charge is 0.310 e. The Labute approximate surface area is 147 Å². The van der Waals surface area contributed by atoms with Crippen LogP contribution in [-0.4, -0.2) is 25.7 Å². The zero-order valence-corrected chi connectivity index (χ0v) is 14.2. The molecule has 1 amide bonds. The highest BCUT2D eigenvalue weighted by Crippen LogP contribution is 2.47. The molecule has 0 unspecified atom stereocenters. The number of aromatic nitrogens is 4. The van der Waals surface area contributed by atoms with E-state index in [2.05, 4.69) is 20.4 Å². The molecule has 3 heterocycles. The normalized spacial score (nSPS) is 19.5. The van der Waals surface area contributed by atoms with Gasteiger partial charge in [-0.2, -0.15) is 5.10 Å². The number of anilines is 1. The molecule has 1 aliphatic carbocycles. The minimum atomic E-state index is -0.0451. The van der Waals surface area contributed by atoms with Gasteiger partial charge in [0.15, 0.2) is 0 Å². The van der Waals surface area contributed by atoms with E-state index in [1.165, 1.54) is 0 Å². The molecule has 1 N–H and O–H groups in total. The first-order valence-electron chi connectivity index (χ1n) is 7.42. The summed E-state index contributed by atoms with van der Waals surface area (Å²) in [4.78, 5) is 20.6. The fourth-order valence-electron chi connectivity index (χ4n) is 2.85. The van der Waals surface area contributed by atoms with Gasteiger partial charge in [0.2, 0.25) is 5.91 Å². The monoisotopic (exact) mass is 361 g/mol. The van der Waals surface area contributed by atoms with Gasteiger partial charge in [-0.05, 0) is 35.4 Å². The summed E-state index contributed by atoms with van der Waals surface area (Å²) in [5.74, 6) is 0.619. The van der Waals surface area contributed by atoms with Crippen molar-refractivity contribution < 1.29 is 4.79 Å². The molecule has 122 valence electrons. The fraction of sp³-hybridized carbons (Fsp3) is 0.250. The molecule has 3 aromatic rings. The number of hydrogen-bond donors (Lipinski definition) is 1. The fourth-order valence-corrected chi connectivity index (χ4v) is 3.34. The number of halogens is 2. The number of fused-ring (bicyclic) bond motifs is 1. The average molecular weight is 362 g/mol. The van der Waals surface area contributed by atoms with Crippen LogP contribution in [0.4, 0.5) is 5.82 Å². The number of aryl methyl sites for hydroxylation is 1. The first-order valence-corrected chi connectivity index (χ1v) is 8.18. The van der Waals surface area contributed by atoms with E-state index in [9.17, 15) is 4.79 Å². The van der Waals surface area contributed by atoms with Gasteiger partial charge in [-0.15, -0.1) is 0 Å². The van der Waals surface area contributed by atoms with E-state index in [1.807, 2.05) is 19.4 Å². The summed E-state index contributed by atoms with van der Waals surface area (Å²) in [6, 6.07) is 3.43. The molecule has 4 rings (SSSR count). The van der Waals surface area contributed by atoms with Crippen molar-refractivity contribution in [2.75, 3.05) is 5.32 Å². The number of hydrogen-bond acceptors (Lipinski definition) is 4. The van der Waals surface area contributed by atoms with E-state index in [-0.39, 0.29) is 17.7 Å². The summed E-state index contributed by atoms with van der Waals surface area (Å²) in [6.07, 6.45) is 6.17. The Balaban J connectivity index is 1.51. The van der Waals surface area contributed by atoms with Crippen LogP contribution in [0.2, 0.25) is 10.3 Å². The molecule has 0 aromatic carbocycles. The number of nitrogens with zero attached hydrogens (tertiary/aromatic N) is 4. The minimum absolute atomic E-state index is 0.0399. The topological polar surface area (TPSA) is 72.7 Å². The maximum absolute atomic E-state index is 12.4. The van der Waals surface area contributed by atoms with E-state index in [4.69, 9.17) is 23.2 Å². The molecule has 1 saturated carbocycles. The second-order valence-electron chi connectivity index (χ2n) is 5.91. The molecule has 0 spiro atoms. The number of carbonyl (C=O) groups is 1. The highest BCUT2D eigenvalue weighted by atomic mass is 35.5. The molecule has 2 atom stereocenters. The van der Waals surface area contributed by atoms with Crippen LogP contribution >= 0.6 is 23.2 Å². The maximum Gasteiger partial charge on any atom is 0.229 e. The number of nitrogens with one attached hydrogen (secondary N) is 1. The van der Waals surface area contributed by atoms with Crippen molar-refractivity contribution >= 4 is 45.7 Å². The van der Waals surface area contributed by atoms with Crippen molar-refractivity contribution in [2.24, 2.45) is 13.0 Å². The zero-order chi connectivity index (χ0) is 16.8. The molecule has 0 bridgehead atoms. The van der Waals surface area contributed by atoms with E-state index in [1.54, 1.807) is 23.0 Å². The van der Waals surface area contributed by atoms with Gasteiger partial charge in [0.1, 0.15) is 16.1 Å². The molecular formula is C16H13Cl2N5O. The molecule has 0 saturated heterocycles. The first-order chi connectivity index (χ1) is 11.5. The summed E-state index contributed by atoms with van der Waals surface area (Å²) in [7, 11) is 1.87. The van der Waals surface area contributed by atoms with Gasteiger partial charge in [-0.1, -0.05) is 23.2 Å². The highest BCUT2D eigenvalue weighted by molar-refractivity contribution is 6.36. The zero-order valence-electron chi connectivity index (χ0n) is 12.7. The summed E-state index contributed by atoms with van der Waals surface area (Å²) in [6.45, 7) is 0. The minimum Gasteiger partial charge on any atom is -0.310 e. The van der Waals surface area contributed by atoms with Crippen molar-refractivity contribution in [3.05, 3.63) is 46.6 Å². The summed E-state index contributed by atoms with van der Waals surface area (Å²) in [5.41, 5.74) is 1.09. The van der Waals surface area contributed by atoms with E-state index < -0.39 is 0 Å². The Morgan fingerprint density at radius 3 is 2.92 bits per heavy atom. The van der Waals surface area contributed by atoms with E-state index in [0.29, 0.717) is 21.5 Å². The third kappa shape index (κ3) is 2.83. The molecule has 24 heavy (non-hydrogen) atoms. The Kier molecular flexibility index (Phi) is 3.66. The smallest absolute Gasteiger partial charge is 0.229 e. The maximum atomic E-state index is 12.4. The standard InChI is InChI=1S/C16H13Cl2N5O/c1-23-7-9(5-20-23)10-4-11(10)16(24)22-14-3-8-2-13(17)21-15(18)12(8)6-19-14/h2-3,5-7,10-11H,4H2,1H3,(H,19,22,24)/t10-,11+/m1/s1. The van der Waals surface area contributed by atoms with E-state index in [0.717, 1.165) is 17.4 Å². The molecule has 3 aromatic heterocycles. The average Bonchev–Trinajstić information content (AvgIpc) is 3.21. The Hall–Kier alpha value is -2.18. The van der Waals surface area contributed by atoms with Crippen LogP contribution in [0.15, 0.2) is 30.7 Å². The number of rotatable bonds is 3. The quantitative estimate of drug-likeness (QED) is 0.725. The van der Waals surface area contributed by atoms with Crippen molar-refractivity contribution in [1.82, 2.24) is 19.7 Å². The molecule has 1 aliphatic rings. The number of pyridine rings is 2. The highest BCUT2D eigenvalue weighted by Gasteiger charge is 2.44. The predicted molar refractivity (Wildman–Crippen MR) is 92.2 cm³/mol. The number of amides is 1. The Morgan fingerprint density at radius 2 is 2.17 bits per heavy atom. The summed E-state index contributed by atoms with van der Waals surface area (Å²) >= 11 is 12.0. The molecular weight excluding hydrogens is 349 g/mol. The second kappa shape index (κ2) is 5.72. The van der Waals surface area contributed by atoms with Gasteiger partial charge in [-0.25, -0.2) is 9.97 Å². The van der Waals surface area contributed by atoms with Crippen molar-refractivity contribution in [2.45, 2.75) is 12.3 Å². The lowest BCUT2D eigenvalue weighted by Crippen LogP contribution is -2.15. The van der Waals surface area contributed by atoms with Crippen LogP contribution in [0.3, 0.4) is 0 Å². The molecule has 6 nitrogen and oxygen atoms in total. The summed E-state index contributed by atoms with van der Waals surface area (Å²) in [5, 5.41) is 9.08. The van der Waals surface area contributed by atoms with E-state index >= 15 is 0 Å². The third-order valence-corrected chi connectivity index (χ3v) is 4.65. The van der Waals surface area contributed by atoms with Crippen LogP contribution in [0.25, 0.3) is 10.8 Å². The molecule has 0 radical (unpaired) electrons. The van der Waals surface area contributed by atoms with Gasteiger partial charge in [0.05, 0.1) is 6.20 Å². The van der Waals surface area contributed by atoms with Crippen LogP contribution in [-0.2, 0) is 11.8 Å². The van der Waals surface area contributed by atoms with Gasteiger partial charge >= 0.3 is 0 Å². The van der Waals surface area contributed by atoms with Crippen LogP contribution < -0.4 is 5.32 Å². The van der Waals surface area contributed by atoms with Crippen molar-refractivity contribution in [1.29, 1.82) is 0 Å². The molecule has 0 aliphatic heterocycles. The Bertz CT molecular complexity index is 955. The second-order valence-corrected chi connectivity index (χ2v) is 6.66. The lowest BCUT2D eigenvalue weighted by molar-refractivity contribution is -0.117. The van der Waals surface area contributed by atoms with Crippen molar-refractivity contribution in [3.8, 4) is 0 Å². The third-order valence-electron chi connectivity index (χ3n) is 4.17. The summed E-state index contributed by atoms with van der Waals surface area (Å²) < 4.78 is 1.75. The first kappa shape index (κ1) is 15.4. The Morgan fingerprint density at radius 1 is 1.33 bits per heavy atom. The van der Waals surface area contributed by atoms with Crippen molar-refractivity contribution in [3.63, 3.8) is 0 Å². The van der Waals surface area contributed by atoms with Gasteiger partial charge in [0, 0.05) is 30.7 Å². The van der Waals surface area contributed by atoms with Crippen LogP contribution in [0.5, 0.6) is 0 Å². The van der Waals surface area contributed by atoms with Crippen LogP contribution in [0, 0.1) is 5.92 Å². The lowest BCUT2D eigenvalue weighted by atomic mass is 10.2. The SMILES string of the molecule is Cn1cc([C@H]2C[C@@H]2C(=O)Nc2cc3cc(Cl)nc(Cl)c3cn2)cn1.